The first-order chi connectivity index (χ1) is 8.61. The molecule has 0 aromatic heterocycles. The van der Waals surface area contributed by atoms with Gasteiger partial charge in [-0.25, -0.2) is 0 Å². The number of halogens is 3. The van der Waals surface area contributed by atoms with Gasteiger partial charge >= 0.3 is 0 Å². The molecule has 0 radical (unpaired) electrons. The highest BCUT2D eigenvalue weighted by Gasteiger charge is 2.11. The quantitative estimate of drug-likeness (QED) is 0.700. The van der Waals surface area contributed by atoms with Gasteiger partial charge in [0.25, 0.3) is 0 Å². The van der Waals surface area contributed by atoms with Crippen molar-refractivity contribution in [2.45, 2.75) is 0 Å². The molecule has 0 N–H and O–H groups in total. The van der Waals surface area contributed by atoms with Crippen LogP contribution in [-0.4, -0.2) is 6.29 Å². The van der Waals surface area contributed by atoms with Gasteiger partial charge in [-0.1, -0.05) is 45.2 Å². The summed E-state index contributed by atoms with van der Waals surface area (Å²) in [6.45, 7) is 0. The molecule has 0 aliphatic carbocycles. The Morgan fingerprint density at radius 1 is 1.11 bits per heavy atom. The van der Waals surface area contributed by atoms with Crippen molar-refractivity contribution in [3.05, 3.63) is 56.5 Å². The van der Waals surface area contributed by atoms with Gasteiger partial charge in [0.15, 0.2) is 12.0 Å². The number of hydrogen-bond acceptors (Lipinski definition) is 2. The van der Waals surface area contributed by atoms with Crippen LogP contribution in [0.5, 0.6) is 11.5 Å². The van der Waals surface area contributed by atoms with Crippen LogP contribution in [0.2, 0.25) is 10.0 Å². The zero-order valence-corrected chi connectivity index (χ0v) is 12.1. The maximum atomic E-state index is 10.9. The summed E-state index contributed by atoms with van der Waals surface area (Å²) >= 11 is 15.4. The number of aldehydes is 1. The van der Waals surface area contributed by atoms with E-state index >= 15 is 0 Å². The predicted octanol–water partition coefficient (Wildman–Crippen LogP) is 5.36. The molecule has 0 saturated carbocycles. The molecule has 0 aliphatic heterocycles. The van der Waals surface area contributed by atoms with E-state index in [9.17, 15) is 4.79 Å². The Morgan fingerprint density at radius 3 is 2.61 bits per heavy atom. The van der Waals surface area contributed by atoms with Crippen LogP contribution in [0.4, 0.5) is 0 Å². The van der Waals surface area contributed by atoms with Crippen LogP contribution in [0.25, 0.3) is 0 Å². The molecule has 0 unspecified atom stereocenters. The predicted molar refractivity (Wildman–Crippen MR) is 76.1 cm³/mol. The number of benzene rings is 2. The van der Waals surface area contributed by atoms with Gasteiger partial charge in [0.1, 0.15) is 5.75 Å². The monoisotopic (exact) mass is 344 g/mol. The molecule has 92 valence electrons. The summed E-state index contributed by atoms with van der Waals surface area (Å²) in [7, 11) is 0. The second-order valence-electron chi connectivity index (χ2n) is 3.45. The lowest BCUT2D eigenvalue weighted by Gasteiger charge is -2.11. The van der Waals surface area contributed by atoms with Gasteiger partial charge in [0, 0.05) is 4.47 Å². The molecule has 0 saturated heterocycles. The van der Waals surface area contributed by atoms with Crippen molar-refractivity contribution in [3.63, 3.8) is 0 Å². The SMILES string of the molecule is O=Cc1cccc(Cl)c1Oc1cc(Br)ccc1Cl. The lowest BCUT2D eigenvalue weighted by atomic mass is 10.2. The molecule has 0 fully saturated rings. The first kappa shape index (κ1) is 13.4. The summed E-state index contributed by atoms with van der Waals surface area (Å²) in [5.41, 5.74) is 0.374. The number of carbonyl (C=O) groups is 1. The number of hydrogen-bond donors (Lipinski definition) is 0. The average molecular weight is 346 g/mol. The second-order valence-corrected chi connectivity index (χ2v) is 5.18. The van der Waals surface area contributed by atoms with Gasteiger partial charge in [0.05, 0.1) is 15.6 Å². The first-order valence-electron chi connectivity index (χ1n) is 4.98. The minimum absolute atomic E-state index is 0.300. The van der Waals surface area contributed by atoms with E-state index in [4.69, 9.17) is 27.9 Å². The van der Waals surface area contributed by atoms with Crippen molar-refractivity contribution >= 4 is 45.4 Å². The topological polar surface area (TPSA) is 26.3 Å². The molecule has 0 bridgehead atoms. The van der Waals surface area contributed by atoms with Gasteiger partial charge in [-0.2, -0.15) is 0 Å². The molecule has 0 amide bonds. The zero-order valence-electron chi connectivity index (χ0n) is 8.99. The van der Waals surface area contributed by atoms with E-state index in [1.807, 2.05) is 0 Å². The highest BCUT2D eigenvalue weighted by atomic mass is 79.9. The molecule has 2 nitrogen and oxygen atoms in total. The fraction of sp³-hybridized carbons (Fsp3) is 0. The standard InChI is InChI=1S/C13H7BrCl2O2/c14-9-4-5-10(15)12(6-9)18-13-8(7-17)2-1-3-11(13)16/h1-7H. The Bertz CT molecular complexity index is 600. The van der Waals surface area contributed by atoms with Gasteiger partial charge in [0.2, 0.25) is 0 Å². The minimum Gasteiger partial charge on any atom is -0.453 e. The number of rotatable bonds is 3. The van der Waals surface area contributed by atoms with Crippen molar-refractivity contribution < 1.29 is 9.53 Å². The molecular weight excluding hydrogens is 339 g/mol. The third-order valence-electron chi connectivity index (χ3n) is 2.23. The van der Waals surface area contributed by atoms with Crippen LogP contribution in [0.1, 0.15) is 10.4 Å². The normalized spacial score (nSPS) is 10.2. The summed E-state index contributed by atoms with van der Waals surface area (Å²) < 4.78 is 6.44. The zero-order chi connectivity index (χ0) is 13.1. The van der Waals surface area contributed by atoms with Crippen LogP contribution >= 0.6 is 39.1 Å². The highest BCUT2D eigenvalue weighted by molar-refractivity contribution is 9.10. The van der Waals surface area contributed by atoms with Crippen molar-refractivity contribution in [1.82, 2.24) is 0 Å². The third kappa shape index (κ3) is 2.86. The van der Waals surface area contributed by atoms with Gasteiger partial charge in [-0.15, -0.1) is 0 Å². The summed E-state index contributed by atoms with van der Waals surface area (Å²) in [6.07, 6.45) is 0.688. The van der Waals surface area contributed by atoms with Gasteiger partial charge in [-0.3, -0.25) is 4.79 Å². The lowest BCUT2D eigenvalue weighted by molar-refractivity contribution is 0.112. The fourth-order valence-corrected chi connectivity index (χ4v) is 2.11. The second kappa shape index (κ2) is 5.74. The number of ether oxygens (including phenoxy) is 1. The Kier molecular flexibility index (Phi) is 4.27. The fourth-order valence-electron chi connectivity index (χ4n) is 1.39. The van der Waals surface area contributed by atoms with E-state index in [-0.39, 0.29) is 0 Å². The van der Waals surface area contributed by atoms with Crippen molar-refractivity contribution in [2.75, 3.05) is 0 Å². The molecule has 0 heterocycles. The molecule has 2 aromatic rings. The van der Waals surface area contributed by atoms with Crippen LogP contribution in [0, 0.1) is 0 Å². The molecule has 18 heavy (non-hydrogen) atoms. The molecule has 0 spiro atoms. The lowest BCUT2D eigenvalue weighted by Crippen LogP contribution is -1.92. The van der Waals surface area contributed by atoms with E-state index in [0.717, 1.165) is 4.47 Å². The van der Waals surface area contributed by atoms with E-state index in [2.05, 4.69) is 15.9 Å². The average Bonchev–Trinajstić information content (AvgIpc) is 2.36. The van der Waals surface area contributed by atoms with Crippen molar-refractivity contribution in [2.24, 2.45) is 0 Å². The summed E-state index contributed by atoms with van der Waals surface area (Å²) in [5.74, 6) is 0.733. The smallest absolute Gasteiger partial charge is 0.156 e. The molecule has 2 aromatic carbocycles. The Balaban J connectivity index is 2.45. The molecule has 5 heteroatoms. The molecule has 2 rings (SSSR count). The number of para-hydroxylation sites is 1. The summed E-state index contributed by atoms with van der Waals surface area (Å²) in [5, 5.41) is 0.797. The van der Waals surface area contributed by atoms with Crippen LogP contribution in [-0.2, 0) is 0 Å². The van der Waals surface area contributed by atoms with E-state index in [1.54, 1.807) is 36.4 Å². The van der Waals surface area contributed by atoms with Gasteiger partial charge < -0.3 is 4.74 Å². The Labute approximate surface area is 123 Å². The first-order valence-corrected chi connectivity index (χ1v) is 6.53. The van der Waals surface area contributed by atoms with Crippen molar-refractivity contribution in [3.8, 4) is 11.5 Å². The van der Waals surface area contributed by atoms with Gasteiger partial charge in [-0.05, 0) is 30.3 Å². The molecule has 0 aliphatic rings. The third-order valence-corrected chi connectivity index (χ3v) is 3.33. The van der Waals surface area contributed by atoms with E-state index < -0.39 is 0 Å². The Hall–Kier alpha value is -1.03. The highest BCUT2D eigenvalue weighted by Crippen LogP contribution is 2.36. The molecule has 0 atom stereocenters. The van der Waals surface area contributed by atoms with Crippen LogP contribution < -0.4 is 4.74 Å². The minimum atomic E-state index is 0.300. The molecular formula is C13H7BrCl2O2. The Morgan fingerprint density at radius 2 is 1.89 bits per heavy atom. The van der Waals surface area contributed by atoms with Crippen LogP contribution in [0.15, 0.2) is 40.9 Å². The maximum absolute atomic E-state index is 10.9. The summed E-state index contributed by atoms with van der Waals surface area (Å²) in [6, 6.07) is 10.2. The number of carbonyl (C=O) groups excluding carboxylic acids is 1. The van der Waals surface area contributed by atoms with Crippen LogP contribution in [0.3, 0.4) is 0 Å². The summed E-state index contributed by atoms with van der Waals surface area (Å²) in [4.78, 5) is 10.9. The largest absolute Gasteiger partial charge is 0.453 e. The van der Waals surface area contributed by atoms with Crippen molar-refractivity contribution in [1.29, 1.82) is 0 Å². The van der Waals surface area contributed by atoms with E-state index in [1.165, 1.54) is 0 Å². The van der Waals surface area contributed by atoms with E-state index in [0.29, 0.717) is 33.4 Å². The maximum Gasteiger partial charge on any atom is 0.156 e.